The molecule has 1 fully saturated rings. The monoisotopic (exact) mass is 279 g/mol. The zero-order valence-corrected chi connectivity index (χ0v) is 12.9. The van der Waals surface area contributed by atoms with Gasteiger partial charge in [0, 0.05) is 35.6 Å². The Morgan fingerprint density at radius 1 is 1.26 bits per heavy atom. The van der Waals surface area contributed by atoms with E-state index in [2.05, 4.69) is 34.6 Å². The number of aromatic nitrogens is 2. The van der Waals surface area contributed by atoms with Gasteiger partial charge in [0.25, 0.3) is 0 Å². The van der Waals surface area contributed by atoms with Crippen LogP contribution < -0.4 is 5.32 Å². The summed E-state index contributed by atoms with van der Waals surface area (Å²) >= 11 is 2.04. The lowest BCUT2D eigenvalue weighted by Gasteiger charge is -2.33. The van der Waals surface area contributed by atoms with Gasteiger partial charge in [0.1, 0.15) is 0 Å². The van der Waals surface area contributed by atoms with Crippen LogP contribution in [0.4, 0.5) is 0 Å². The summed E-state index contributed by atoms with van der Waals surface area (Å²) in [6, 6.07) is 1.27. The van der Waals surface area contributed by atoms with Crippen LogP contribution in [0, 0.1) is 0 Å². The summed E-state index contributed by atoms with van der Waals surface area (Å²) in [4.78, 5) is 0. The van der Waals surface area contributed by atoms with Crippen LogP contribution in [0.1, 0.15) is 55.8 Å². The Balaban J connectivity index is 1.62. The lowest BCUT2D eigenvalue weighted by Crippen LogP contribution is -2.37. The van der Waals surface area contributed by atoms with Gasteiger partial charge in [-0.15, -0.1) is 0 Å². The van der Waals surface area contributed by atoms with Crippen LogP contribution in [0.15, 0.2) is 6.20 Å². The topological polar surface area (TPSA) is 29.9 Å². The van der Waals surface area contributed by atoms with Gasteiger partial charge in [0.2, 0.25) is 0 Å². The molecule has 19 heavy (non-hydrogen) atoms. The highest BCUT2D eigenvalue weighted by Crippen LogP contribution is 2.32. The molecule has 3 rings (SSSR count). The predicted octanol–water partition coefficient (Wildman–Crippen LogP) is 3.06. The minimum atomic E-state index is 0.549. The molecule has 1 atom stereocenters. The molecule has 2 aliphatic carbocycles. The molecule has 0 aromatic carbocycles. The Kier molecular flexibility index (Phi) is 4.18. The van der Waals surface area contributed by atoms with Gasteiger partial charge in [-0.25, -0.2) is 0 Å². The van der Waals surface area contributed by atoms with Crippen molar-refractivity contribution in [2.24, 2.45) is 7.05 Å². The number of thioether (sulfide) groups is 1. The van der Waals surface area contributed by atoms with Gasteiger partial charge in [-0.1, -0.05) is 0 Å². The summed E-state index contributed by atoms with van der Waals surface area (Å²) in [7, 11) is 2.07. The van der Waals surface area contributed by atoms with E-state index in [0.717, 1.165) is 11.3 Å². The van der Waals surface area contributed by atoms with Crippen molar-refractivity contribution in [3.63, 3.8) is 0 Å². The molecule has 4 heteroatoms. The first-order chi connectivity index (χ1) is 9.28. The second-order valence-electron chi connectivity index (χ2n) is 5.99. The van der Waals surface area contributed by atoms with Gasteiger partial charge >= 0.3 is 0 Å². The van der Waals surface area contributed by atoms with Crippen LogP contribution in [0.3, 0.4) is 0 Å². The molecular weight excluding hydrogens is 254 g/mol. The molecule has 0 spiro atoms. The van der Waals surface area contributed by atoms with E-state index >= 15 is 0 Å². The molecule has 0 radical (unpaired) electrons. The van der Waals surface area contributed by atoms with Crippen molar-refractivity contribution >= 4 is 11.8 Å². The Labute approximate surface area is 120 Å². The molecule has 0 aliphatic heterocycles. The molecule has 1 heterocycles. The molecule has 0 bridgehead atoms. The van der Waals surface area contributed by atoms with Gasteiger partial charge in [0.05, 0.1) is 6.20 Å². The van der Waals surface area contributed by atoms with Crippen LogP contribution in [0.5, 0.6) is 0 Å². The molecule has 0 amide bonds. The summed E-state index contributed by atoms with van der Waals surface area (Å²) in [5.74, 6) is 0. The first kappa shape index (κ1) is 13.5. The van der Waals surface area contributed by atoms with Crippen LogP contribution in [0.25, 0.3) is 0 Å². The highest BCUT2D eigenvalue weighted by molar-refractivity contribution is 7.99. The van der Waals surface area contributed by atoms with E-state index in [4.69, 9.17) is 0 Å². The first-order valence-corrected chi connectivity index (χ1v) is 8.86. The van der Waals surface area contributed by atoms with Crippen molar-refractivity contribution in [3.05, 3.63) is 17.5 Å². The SMILES string of the molecule is CSC1CCC(NC2CCCc3c2cnn3C)CC1. The van der Waals surface area contributed by atoms with Gasteiger partial charge < -0.3 is 5.32 Å². The van der Waals surface area contributed by atoms with Gasteiger partial charge in [0.15, 0.2) is 0 Å². The Bertz CT molecular complexity index is 421. The van der Waals surface area contributed by atoms with Crippen LogP contribution in [-0.2, 0) is 13.5 Å². The zero-order chi connectivity index (χ0) is 13.2. The van der Waals surface area contributed by atoms with Crippen LogP contribution >= 0.6 is 11.8 Å². The Morgan fingerprint density at radius 2 is 2.05 bits per heavy atom. The van der Waals surface area contributed by atoms with Crippen molar-refractivity contribution in [2.45, 2.75) is 62.3 Å². The van der Waals surface area contributed by atoms with E-state index in [0.29, 0.717) is 6.04 Å². The van der Waals surface area contributed by atoms with E-state index < -0.39 is 0 Å². The van der Waals surface area contributed by atoms with E-state index in [1.807, 2.05) is 11.8 Å². The molecule has 0 saturated heterocycles. The molecular formula is C15H25N3S. The number of fused-ring (bicyclic) bond motifs is 1. The number of nitrogens with zero attached hydrogens (tertiary/aromatic N) is 2. The quantitative estimate of drug-likeness (QED) is 0.922. The normalized spacial score (nSPS) is 31.2. The number of aryl methyl sites for hydroxylation is 1. The molecule has 1 unspecified atom stereocenters. The minimum Gasteiger partial charge on any atom is -0.307 e. The van der Waals surface area contributed by atoms with Crippen molar-refractivity contribution < 1.29 is 0 Å². The first-order valence-electron chi connectivity index (χ1n) is 7.57. The standard InChI is InChI=1S/C15H25N3S/c1-18-15-5-3-4-14(13(15)10-16-18)17-11-6-8-12(19-2)9-7-11/h10-12,14,17H,3-9H2,1-2H3. The Morgan fingerprint density at radius 3 is 2.79 bits per heavy atom. The fourth-order valence-electron chi connectivity index (χ4n) is 3.63. The maximum atomic E-state index is 4.44. The number of hydrogen-bond acceptors (Lipinski definition) is 3. The summed E-state index contributed by atoms with van der Waals surface area (Å²) in [6.45, 7) is 0. The molecule has 2 aliphatic rings. The predicted molar refractivity (Wildman–Crippen MR) is 81.6 cm³/mol. The molecule has 1 saturated carbocycles. The van der Waals surface area contributed by atoms with E-state index in [-0.39, 0.29) is 0 Å². The molecule has 1 N–H and O–H groups in total. The van der Waals surface area contributed by atoms with E-state index in [9.17, 15) is 0 Å². The third-order valence-corrected chi connectivity index (χ3v) is 5.96. The number of nitrogens with one attached hydrogen (secondary N) is 1. The van der Waals surface area contributed by atoms with Crippen molar-refractivity contribution in [1.82, 2.24) is 15.1 Å². The lowest BCUT2D eigenvalue weighted by molar-refractivity contribution is 0.324. The average molecular weight is 279 g/mol. The highest BCUT2D eigenvalue weighted by Gasteiger charge is 2.27. The maximum Gasteiger partial charge on any atom is 0.0540 e. The van der Waals surface area contributed by atoms with Crippen molar-refractivity contribution in [1.29, 1.82) is 0 Å². The van der Waals surface area contributed by atoms with E-state index in [1.54, 1.807) is 0 Å². The van der Waals surface area contributed by atoms with Gasteiger partial charge in [-0.2, -0.15) is 16.9 Å². The second-order valence-corrected chi connectivity index (χ2v) is 7.13. The van der Waals surface area contributed by atoms with Crippen LogP contribution in [-0.4, -0.2) is 27.3 Å². The summed E-state index contributed by atoms with van der Waals surface area (Å²) < 4.78 is 2.06. The highest BCUT2D eigenvalue weighted by atomic mass is 32.2. The van der Waals surface area contributed by atoms with E-state index in [1.165, 1.54) is 56.2 Å². The Hall–Kier alpha value is -0.480. The maximum absolute atomic E-state index is 4.44. The molecule has 106 valence electrons. The largest absolute Gasteiger partial charge is 0.307 e. The fraction of sp³-hybridized carbons (Fsp3) is 0.800. The van der Waals surface area contributed by atoms with Crippen molar-refractivity contribution in [2.75, 3.05) is 6.26 Å². The lowest BCUT2D eigenvalue weighted by atomic mass is 9.89. The molecule has 1 aromatic rings. The summed E-state index contributed by atoms with van der Waals surface area (Å²) in [5, 5.41) is 9.25. The summed E-state index contributed by atoms with van der Waals surface area (Å²) in [5.41, 5.74) is 2.90. The third kappa shape index (κ3) is 2.84. The smallest absolute Gasteiger partial charge is 0.0540 e. The van der Waals surface area contributed by atoms with Gasteiger partial charge in [-0.3, -0.25) is 4.68 Å². The zero-order valence-electron chi connectivity index (χ0n) is 12.1. The number of hydrogen-bond donors (Lipinski definition) is 1. The molecule has 3 nitrogen and oxygen atoms in total. The van der Waals surface area contributed by atoms with Crippen LogP contribution in [0.2, 0.25) is 0 Å². The fourth-order valence-corrected chi connectivity index (χ4v) is 4.37. The third-order valence-electron chi connectivity index (χ3n) is 4.82. The molecule has 1 aromatic heterocycles. The van der Waals surface area contributed by atoms with Crippen molar-refractivity contribution in [3.8, 4) is 0 Å². The minimum absolute atomic E-state index is 0.549. The summed E-state index contributed by atoms with van der Waals surface area (Å²) in [6.07, 6.45) is 13.6. The second kappa shape index (κ2) is 5.88. The van der Waals surface area contributed by atoms with Gasteiger partial charge in [-0.05, 0) is 51.2 Å². The number of rotatable bonds is 3. The average Bonchev–Trinajstić information content (AvgIpc) is 2.83.